The molecule has 0 atom stereocenters. The first kappa shape index (κ1) is 18.0. The average molecular weight is 354 g/mol. The molecule has 0 aliphatic carbocycles. The normalized spacial score (nSPS) is 10.9. The van der Waals surface area contributed by atoms with Crippen LogP contribution in [0.5, 0.6) is 0 Å². The van der Waals surface area contributed by atoms with Gasteiger partial charge in [0.15, 0.2) is 0 Å². The molecule has 0 spiro atoms. The van der Waals surface area contributed by atoms with Crippen molar-refractivity contribution in [3.8, 4) is 0 Å². The van der Waals surface area contributed by atoms with E-state index in [9.17, 15) is 9.90 Å². The van der Waals surface area contributed by atoms with Crippen LogP contribution >= 0.6 is 15.9 Å². The van der Waals surface area contributed by atoms with Gasteiger partial charge in [-0.25, -0.2) is 0 Å². The quantitative estimate of drug-likeness (QED) is 0.354. The van der Waals surface area contributed by atoms with Crippen molar-refractivity contribution in [3.63, 3.8) is 0 Å². The minimum absolute atomic E-state index is 0. The zero-order chi connectivity index (χ0) is 14.7. The molecule has 0 saturated heterocycles. The Kier molecular flexibility index (Phi) is 6.68. The van der Waals surface area contributed by atoms with Crippen LogP contribution in [-0.2, 0) is 4.79 Å². The number of rotatable bonds is 3. The topological polar surface area (TPSA) is 66.2 Å². The van der Waals surface area contributed by atoms with Crippen LogP contribution in [0.1, 0.15) is 16.7 Å². The molecule has 5 heteroatoms. The van der Waals surface area contributed by atoms with E-state index in [1.807, 2.05) is 37.3 Å². The number of carbonyl (C=O) groups is 1. The number of anilines is 1. The van der Waals surface area contributed by atoms with Gasteiger partial charge in [0.2, 0.25) is 0 Å². The molecule has 0 radical (unpaired) electrons. The first-order valence-corrected chi connectivity index (χ1v) is 6.82. The van der Waals surface area contributed by atoms with E-state index in [1.165, 1.54) is 0 Å². The molecule has 0 fully saturated rings. The number of carboxylic acids is 1. The Labute approximate surface area is 154 Å². The number of carbonyl (C=O) groups excluding carboxylic acids is 1. The minimum atomic E-state index is -1.25. The van der Waals surface area contributed by atoms with Crippen molar-refractivity contribution in [2.45, 2.75) is 6.92 Å². The number of hydrogen-bond acceptors (Lipinski definition) is 3. The Balaban J connectivity index is 0.00000220. The number of carboxylic acid groups (broad SMARTS) is 1. The molecule has 2 aromatic rings. The van der Waals surface area contributed by atoms with Crippen molar-refractivity contribution in [2.24, 2.45) is 0 Å². The van der Waals surface area contributed by atoms with Gasteiger partial charge in [-0.3, -0.25) is 0 Å². The van der Waals surface area contributed by atoms with Gasteiger partial charge < -0.3 is 15.6 Å². The predicted octanol–water partition coefficient (Wildman–Crippen LogP) is -0.366. The summed E-state index contributed by atoms with van der Waals surface area (Å²) >= 11 is 3.34. The largest absolute Gasteiger partial charge is 1.00 e. The summed E-state index contributed by atoms with van der Waals surface area (Å²) in [4.78, 5) is 11.4. The van der Waals surface area contributed by atoms with Crippen LogP contribution in [0.25, 0.3) is 11.6 Å². The summed E-state index contributed by atoms with van der Waals surface area (Å²) in [6.07, 6.45) is 1.56. The number of nitrogens with two attached hydrogens (primary N) is 1. The van der Waals surface area contributed by atoms with E-state index in [2.05, 4.69) is 15.9 Å². The smallest absolute Gasteiger partial charge is 0.545 e. The molecule has 0 saturated carbocycles. The second-order valence-electron chi connectivity index (χ2n) is 4.49. The van der Waals surface area contributed by atoms with Crippen molar-refractivity contribution < 1.29 is 39.5 Å². The summed E-state index contributed by atoms with van der Waals surface area (Å²) < 4.78 is 0.930. The molecule has 0 aromatic heterocycles. The Morgan fingerprint density at radius 3 is 2.38 bits per heavy atom. The van der Waals surface area contributed by atoms with Gasteiger partial charge in [0.25, 0.3) is 0 Å². The van der Waals surface area contributed by atoms with Crippen LogP contribution in [0, 0.1) is 6.92 Å². The minimum Gasteiger partial charge on any atom is -0.545 e. The molecule has 21 heavy (non-hydrogen) atoms. The van der Waals surface area contributed by atoms with E-state index in [1.54, 1.807) is 18.2 Å². The monoisotopic (exact) mass is 353 g/mol. The number of nitrogen functional groups attached to an aromatic ring is 1. The van der Waals surface area contributed by atoms with E-state index in [0.717, 1.165) is 15.6 Å². The molecule has 2 rings (SSSR count). The van der Waals surface area contributed by atoms with Gasteiger partial charge in [-0.1, -0.05) is 39.7 Å². The van der Waals surface area contributed by atoms with E-state index in [-0.39, 0.29) is 35.1 Å². The van der Waals surface area contributed by atoms with E-state index in [0.29, 0.717) is 11.3 Å². The number of aryl methyl sites for hydroxylation is 1. The van der Waals surface area contributed by atoms with Crippen LogP contribution in [0.4, 0.5) is 5.69 Å². The van der Waals surface area contributed by atoms with Crippen LogP contribution < -0.4 is 40.4 Å². The maximum absolute atomic E-state index is 11.4. The van der Waals surface area contributed by atoms with E-state index >= 15 is 0 Å². The summed E-state index contributed by atoms with van der Waals surface area (Å²) in [5, 5.41) is 11.4. The number of benzene rings is 2. The summed E-state index contributed by atoms with van der Waals surface area (Å²) in [5.41, 5.74) is 8.56. The van der Waals surface area contributed by atoms with Crippen molar-refractivity contribution in [1.82, 2.24) is 0 Å². The molecule has 0 aliphatic rings. The second-order valence-corrected chi connectivity index (χ2v) is 5.40. The first-order valence-electron chi connectivity index (χ1n) is 6.02. The van der Waals surface area contributed by atoms with Gasteiger partial charge in [-0.15, -0.1) is 0 Å². The molecule has 102 valence electrons. The number of hydrogen-bond donors (Lipinski definition) is 1. The molecular formula is C16H13BrNNaO2. The van der Waals surface area contributed by atoms with Gasteiger partial charge in [-0.05, 0) is 42.8 Å². The first-order chi connectivity index (χ1) is 9.47. The molecule has 2 aromatic carbocycles. The third kappa shape index (κ3) is 4.71. The molecule has 0 aliphatic heterocycles. The number of halogens is 1. The molecule has 0 amide bonds. The maximum atomic E-state index is 11.4. The molecular weight excluding hydrogens is 341 g/mol. The SMILES string of the molecule is Cc1ccc(N)c(C(=Cc2ccc(Br)cc2)C(=O)[O-])c1.[Na+]. The summed E-state index contributed by atoms with van der Waals surface area (Å²) in [7, 11) is 0. The fraction of sp³-hybridized carbons (Fsp3) is 0.0625. The molecule has 3 nitrogen and oxygen atoms in total. The van der Waals surface area contributed by atoms with E-state index < -0.39 is 5.97 Å². The van der Waals surface area contributed by atoms with Crippen molar-refractivity contribution >= 4 is 39.2 Å². The molecule has 0 heterocycles. The summed E-state index contributed by atoms with van der Waals surface area (Å²) in [6, 6.07) is 12.6. The zero-order valence-corrected chi connectivity index (χ0v) is 15.5. The fourth-order valence-electron chi connectivity index (χ4n) is 1.88. The van der Waals surface area contributed by atoms with Crippen molar-refractivity contribution in [1.29, 1.82) is 0 Å². The second kappa shape index (κ2) is 7.80. The van der Waals surface area contributed by atoms with Crippen molar-refractivity contribution in [3.05, 3.63) is 63.6 Å². The van der Waals surface area contributed by atoms with E-state index in [4.69, 9.17) is 5.73 Å². The third-order valence-electron chi connectivity index (χ3n) is 2.90. The van der Waals surface area contributed by atoms with Crippen LogP contribution in [0.15, 0.2) is 46.9 Å². The summed E-state index contributed by atoms with van der Waals surface area (Å²) in [5.74, 6) is -1.25. The molecule has 0 bridgehead atoms. The number of aliphatic carboxylic acids is 1. The Morgan fingerprint density at radius 1 is 1.19 bits per heavy atom. The Morgan fingerprint density at radius 2 is 1.81 bits per heavy atom. The van der Waals surface area contributed by atoms with Gasteiger partial charge >= 0.3 is 29.6 Å². The van der Waals surface area contributed by atoms with Gasteiger partial charge in [-0.2, -0.15) is 0 Å². The Bertz CT molecular complexity index is 681. The zero-order valence-electron chi connectivity index (χ0n) is 11.9. The average Bonchev–Trinajstić information content (AvgIpc) is 2.41. The van der Waals surface area contributed by atoms with Gasteiger partial charge in [0.1, 0.15) is 0 Å². The van der Waals surface area contributed by atoms with Crippen LogP contribution in [0.2, 0.25) is 0 Å². The van der Waals surface area contributed by atoms with Gasteiger partial charge in [0.05, 0.1) is 5.97 Å². The standard InChI is InChI=1S/C16H14BrNO2.Na/c1-10-2-7-15(18)13(8-10)14(16(19)20)9-11-3-5-12(17)6-4-11;/h2-9H,18H2,1H3,(H,19,20);/q;+1/p-1. The predicted molar refractivity (Wildman–Crippen MR) is 82.6 cm³/mol. The van der Waals surface area contributed by atoms with Crippen molar-refractivity contribution in [2.75, 3.05) is 5.73 Å². The molecule has 0 unspecified atom stereocenters. The van der Waals surface area contributed by atoms with Crippen LogP contribution in [0.3, 0.4) is 0 Å². The maximum Gasteiger partial charge on any atom is 1.00 e. The van der Waals surface area contributed by atoms with Crippen LogP contribution in [-0.4, -0.2) is 5.97 Å². The molecule has 2 N–H and O–H groups in total. The fourth-order valence-corrected chi connectivity index (χ4v) is 2.14. The Hall–Kier alpha value is -1.07. The van der Waals surface area contributed by atoms with Gasteiger partial charge in [0, 0.05) is 21.3 Å². The summed E-state index contributed by atoms with van der Waals surface area (Å²) in [6.45, 7) is 1.88. The third-order valence-corrected chi connectivity index (χ3v) is 3.43.